The highest BCUT2D eigenvalue weighted by Gasteiger charge is 2.21. The number of carbonyl (C=O) groups excluding carboxylic acids is 1. The SMILES string of the molecule is COC(=O)c1ccccc1CN(Cc1cccn1Cc1ccccc1)CC1CCCCC1. The second-order valence-corrected chi connectivity index (χ2v) is 8.94. The number of hydrogen-bond donors (Lipinski definition) is 0. The summed E-state index contributed by atoms with van der Waals surface area (Å²) in [5.74, 6) is 0.470. The molecule has 1 saturated carbocycles. The smallest absolute Gasteiger partial charge is 0.338 e. The molecule has 1 aromatic heterocycles. The lowest BCUT2D eigenvalue weighted by molar-refractivity contribution is 0.0597. The summed E-state index contributed by atoms with van der Waals surface area (Å²) in [7, 11) is 1.45. The van der Waals surface area contributed by atoms with Gasteiger partial charge in [-0.2, -0.15) is 0 Å². The van der Waals surface area contributed by atoms with Crippen molar-refractivity contribution in [1.82, 2.24) is 9.47 Å². The molecule has 2 aromatic carbocycles. The van der Waals surface area contributed by atoms with Crippen molar-refractivity contribution in [3.05, 3.63) is 95.3 Å². The van der Waals surface area contributed by atoms with Gasteiger partial charge in [0, 0.05) is 38.1 Å². The van der Waals surface area contributed by atoms with Crippen LogP contribution in [-0.4, -0.2) is 29.1 Å². The lowest BCUT2D eigenvalue weighted by atomic mass is 9.88. The van der Waals surface area contributed by atoms with Crippen LogP contribution in [0.1, 0.15) is 59.3 Å². The number of methoxy groups -OCH3 is 1. The van der Waals surface area contributed by atoms with E-state index in [1.54, 1.807) is 0 Å². The molecule has 3 aromatic rings. The van der Waals surface area contributed by atoms with Gasteiger partial charge < -0.3 is 9.30 Å². The van der Waals surface area contributed by atoms with E-state index >= 15 is 0 Å². The summed E-state index contributed by atoms with van der Waals surface area (Å²) in [6.07, 6.45) is 8.81. The molecule has 0 radical (unpaired) electrons. The number of ether oxygens (including phenoxy) is 1. The van der Waals surface area contributed by atoms with E-state index in [1.807, 2.05) is 18.2 Å². The van der Waals surface area contributed by atoms with Crippen molar-refractivity contribution in [3.63, 3.8) is 0 Å². The first-order valence-electron chi connectivity index (χ1n) is 11.8. The Morgan fingerprint density at radius 1 is 0.938 bits per heavy atom. The van der Waals surface area contributed by atoms with E-state index in [0.29, 0.717) is 5.56 Å². The van der Waals surface area contributed by atoms with Crippen molar-refractivity contribution >= 4 is 5.97 Å². The minimum atomic E-state index is -0.259. The number of carbonyl (C=O) groups is 1. The molecule has 168 valence electrons. The Bertz CT molecular complexity index is 989. The van der Waals surface area contributed by atoms with Crippen molar-refractivity contribution in [2.75, 3.05) is 13.7 Å². The summed E-state index contributed by atoms with van der Waals surface area (Å²) in [6, 6.07) is 22.8. The van der Waals surface area contributed by atoms with Gasteiger partial charge in [-0.25, -0.2) is 4.79 Å². The summed E-state index contributed by atoms with van der Waals surface area (Å²) >= 11 is 0. The molecule has 1 heterocycles. The zero-order valence-electron chi connectivity index (χ0n) is 19.1. The number of benzene rings is 2. The fraction of sp³-hybridized carbons (Fsp3) is 0.393. The van der Waals surface area contributed by atoms with Crippen LogP contribution in [0.5, 0.6) is 0 Å². The van der Waals surface area contributed by atoms with Crippen LogP contribution < -0.4 is 0 Å². The lowest BCUT2D eigenvalue weighted by Crippen LogP contribution is -2.31. The molecule has 0 aliphatic heterocycles. The van der Waals surface area contributed by atoms with Crippen molar-refractivity contribution in [2.24, 2.45) is 5.92 Å². The van der Waals surface area contributed by atoms with Crippen LogP contribution in [0.15, 0.2) is 72.9 Å². The molecule has 1 fully saturated rings. The molecular formula is C28H34N2O2. The Kier molecular flexibility index (Phi) is 7.78. The molecule has 0 unspecified atom stereocenters. The average molecular weight is 431 g/mol. The number of rotatable bonds is 9. The highest BCUT2D eigenvalue weighted by Crippen LogP contribution is 2.26. The van der Waals surface area contributed by atoms with Crippen LogP contribution >= 0.6 is 0 Å². The largest absolute Gasteiger partial charge is 0.465 e. The molecule has 4 nitrogen and oxygen atoms in total. The van der Waals surface area contributed by atoms with Crippen LogP contribution in [0.2, 0.25) is 0 Å². The first-order valence-corrected chi connectivity index (χ1v) is 11.8. The molecule has 0 saturated heterocycles. The highest BCUT2D eigenvalue weighted by atomic mass is 16.5. The van der Waals surface area contributed by atoms with E-state index in [-0.39, 0.29) is 5.97 Å². The molecule has 0 amide bonds. The number of hydrogen-bond acceptors (Lipinski definition) is 3. The van der Waals surface area contributed by atoms with Crippen LogP contribution in [0, 0.1) is 5.92 Å². The maximum absolute atomic E-state index is 12.3. The molecule has 0 bridgehead atoms. The molecule has 4 rings (SSSR count). The van der Waals surface area contributed by atoms with E-state index in [1.165, 1.54) is 50.5 Å². The molecule has 1 aliphatic carbocycles. The van der Waals surface area contributed by atoms with Gasteiger partial charge in [0.25, 0.3) is 0 Å². The normalized spacial score (nSPS) is 14.6. The van der Waals surface area contributed by atoms with Gasteiger partial charge in [0.2, 0.25) is 0 Å². The summed E-state index contributed by atoms with van der Waals surface area (Å²) in [6.45, 7) is 3.55. The zero-order chi connectivity index (χ0) is 22.2. The Morgan fingerprint density at radius 2 is 1.69 bits per heavy atom. The second-order valence-electron chi connectivity index (χ2n) is 8.94. The Balaban J connectivity index is 1.54. The van der Waals surface area contributed by atoms with E-state index in [4.69, 9.17) is 4.74 Å². The summed E-state index contributed by atoms with van der Waals surface area (Å²) in [4.78, 5) is 14.9. The predicted molar refractivity (Wildman–Crippen MR) is 128 cm³/mol. The fourth-order valence-corrected chi connectivity index (χ4v) is 4.88. The average Bonchev–Trinajstić information content (AvgIpc) is 3.26. The van der Waals surface area contributed by atoms with Gasteiger partial charge in [-0.05, 0) is 48.1 Å². The van der Waals surface area contributed by atoms with E-state index in [9.17, 15) is 4.79 Å². The van der Waals surface area contributed by atoms with E-state index in [0.717, 1.165) is 37.7 Å². The van der Waals surface area contributed by atoms with Crippen LogP contribution in [-0.2, 0) is 24.4 Å². The first kappa shape index (κ1) is 22.3. The third-order valence-corrected chi connectivity index (χ3v) is 6.56. The van der Waals surface area contributed by atoms with Gasteiger partial charge in [-0.15, -0.1) is 0 Å². The molecule has 32 heavy (non-hydrogen) atoms. The van der Waals surface area contributed by atoms with Crippen LogP contribution in [0.3, 0.4) is 0 Å². The van der Waals surface area contributed by atoms with Gasteiger partial charge in [0.05, 0.1) is 12.7 Å². The summed E-state index contributed by atoms with van der Waals surface area (Å²) in [5, 5.41) is 0. The predicted octanol–water partition coefficient (Wildman–Crippen LogP) is 5.91. The molecule has 0 atom stereocenters. The standard InChI is InChI=1S/C28H34N2O2/c1-32-28(31)27-17-9-8-15-25(27)21-29(19-23-11-4-2-5-12-23)22-26-16-10-18-30(26)20-24-13-6-3-7-14-24/h3,6-10,13-18,23H,2,4-5,11-12,19-22H2,1H3. The van der Waals surface area contributed by atoms with Crippen molar-refractivity contribution in [2.45, 2.75) is 51.7 Å². The van der Waals surface area contributed by atoms with Gasteiger partial charge in [-0.3, -0.25) is 4.90 Å². The molecule has 4 heteroatoms. The summed E-state index contributed by atoms with van der Waals surface area (Å²) < 4.78 is 7.38. The number of aromatic nitrogens is 1. The minimum absolute atomic E-state index is 0.259. The van der Waals surface area contributed by atoms with Gasteiger partial charge >= 0.3 is 5.97 Å². The Labute approximate surface area is 191 Å². The third-order valence-electron chi connectivity index (χ3n) is 6.56. The van der Waals surface area contributed by atoms with Crippen LogP contribution in [0.4, 0.5) is 0 Å². The minimum Gasteiger partial charge on any atom is -0.465 e. The fourth-order valence-electron chi connectivity index (χ4n) is 4.88. The monoisotopic (exact) mass is 430 g/mol. The van der Waals surface area contributed by atoms with Crippen molar-refractivity contribution < 1.29 is 9.53 Å². The second kappa shape index (κ2) is 11.1. The van der Waals surface area contributed by atoms with Crippen molar-refractivity contribution in [3.8, 4) is 0 Å². The Morgan fingerprint density at radius 3 is 2.47 bits per heavy atom. The molecule has 1 aliphatic rings. The highest BCUT2D eigenvalue weighted by molar-refractivity contribution is 5.90. The first-order chi connectivity index (χ1) is 15.7. The van der Waals surface area contributed by atoms with Gasteiger partial charge in [0.15, 0.2) is 0 Å². The molecule has 0 spiro atoms. The molecule has 0 N–H and O–H groups in total. The summed E-state index contributed by atoms with van der Waals surface area (Å²) in [5.41, 5.74) is 4.32. The number of esters is 1. The third kappa shape index (κ3) is 5.89. The lowest BCUT2D eigenvalue weighted by Gasteiger charge is -2.30. The number of nitrogens with zero attached hydrogens (tertiary/aromatic N) is 2. The maximum Gasteiger partial charge on any atom is 0.338 e. The zero-order valence-corrected chi connectivity index (χ0v) is 19.1. The molecular weight excluding hydrogens is 396 g/mol. The van der Waals surface area contributed by atoms with Gasteiger partial charge in [-0.1, -0.05) is 67.8 Å². The maximum atomic E-state index is 12.3. The van der Waals surface area contributed by atoms with Gasteiger partial charge in [0.1, 0.15) is 0 Å². The van der Waals surface area contributed by atoms with E-state index < -0.39 is 0 Å². The quantitative estimate of drug-likeness (QED) is 0.396. The van der Waals surface area contributed by atoms with E-state index in [2.05, 4.69) is 64.2 Å². The van der Waals surface area contributed by atoms with Crippen molar-refractivity contribution in [1.29, 1.82) is 0 Å². The Hall–Kier alpha value is -2.85. The topological polar surface area (TPSA) is 34.5 Å². The van der Waals surface area contributed by atoms with Crippen LogP contribution in [0.25, 0.3) is 0 Å².